The fourth-order valence-corrected chi connectivity index (χ4v) is 2.44. The van der Waals surface area contributed by atoms with Crippen LogP contribution in [0.3, 0.4) is 0 Å². The Kier molecular flexibility index (Phi) is 4.67. The fourth-order valence-electron chi connectivity index (χ4n) is 1.49. The van der Waals surface area contributed by atoms with Crippen molar-refractivity contribution in [1.29, 1.82) is 5.26 Å². The second-order valence-corrected chi connectivity index (χ2v) is 5.95. The minimum absolute atomic E-state index is 0.223. The molecule has 2 rings (SSSR count). The summed E-state index contributed by atoms with van der Waals surface area (Å²) in [7, 11) is 0. The third-order valence-electron chi connectivity index (χ3n) is 2.43. The molecular formula is C13H8BrIN4O. The lowest BCUT2D eigenvalue weighted by Crippen LogP contribution is -2.16. The number of halogens is 2. The first-order chi connectivity index (χ1) is 9.51. The number of hydrogen-bond acceptors (Lipinski definition) is 4. The van der Waals surface area contributed by atoms with Gasteiger partial charge in [0.1, 0.15) is 17.5 Å². The van der Waals surface area contributed by atoms with E-state index in [9.17, 15) is 4.79 Å². The minimum atomic E-state index is -0.315. The highest BCUT2D eigenvalue weighted by Crippen LogP contribution is 2.20. The second-order valence-electron chi connectivity index (χ2n) is 3.87. The van der Waals surface area contributed by atoms with Crippen molar-refractivity contribution in [2.45, 2.75) is 6.92 Å². The highest BCUT2D eigenvalue weighted by atomic mass is 127. The standard InChI is InChI=1S/C13H8BrIN4O/c1-7-17-6-8(5-16)12(18-7)19-13(20)10-4-9(14)2-3-11(10)15/h2-4,6H,1H3,(H,17,18,19,20). The predicted molar refractivity (Wildman–Crippen MR) is 86.3 cm³/mol. The first-order valence-corrected chi connectivity index (χ1v) is 7.38. The Labute approximate surface area is 137 Å². The van der Waals surface area contributed by atoms with E-state index in [1.165, 1.54) is 6.20 Å². The number of nitriles is 1. The molecule has 0 spiro atoms. The lowest BCUT2D eigenvalue weighted by Gasteiger charge is -2.08. The second kappa shape index (κ2) is 6.28. The van der Waals surface area contributed by atoms with Crippen molar-refractivity contribution in [3.63, 3.8) is 0 Å². The number of carbonyl (C=O) groups is 1. The average molecular weight is 443 g/mol. The summed E-state index contributed by atoms with van der Waals surface area (Å²) in [4.78, 5) is 20.3. The zero-order valence-corrected chi connectivity index (χ0v) is 14.1. The van der Waals surface area contributed by atoms with E-state index in [0.717, 1.165) is 8.04 Å². The Hall–Kier alpha value is -1.53. The molecule has 0 atom stereocenters. The predicted octanol–water partition coefficient (Wildman–Crippen LogP) is 3.28. The molecule has 0 fully saturated rings. The summed E-state index contributed by atoms with van der Waals surface area (Å²) in [6.45, 7) is 1.69. The number of anilines is 1. The molecule has 1 heterocycles. The molecule has 0 bridgehead atoms. The molecule has 0 aliphatic carbocycles. The number of aromatic nitrogens is 2. The molecule has 0 aliphatic heterocycles. The van der Waals surface area contributed by atoms with Crippen LogP contribution in [0.4, 0.5) is 5.82 Å². The highest BCUT2D eigenvalue weighted by Gasteiger charge is 2.14. The van der Waals surface area contributed by atoms with Gasteiger partial charge in [-0.1, -0.05) is 15.9 Å². The van der Waals surface area contributed by atoms with Gasteiger partial charge >= 0.3 is 0 Å². The van der Waals surface area contributed by atoms with E-state index in [2.05, 4.69) is 53.8 Å². The SMILES string of the molecule is Cc1ncc(C#N)c(NC(=O)c2cc(Br)ccc2I)n1. The van der Waals surface area contributed by atoms with Gasteiger partial charge in [-0.3, -0.25) is 4.79 Å². The lowest BCUT2D eigenvalue weighted by molar-refractivity contribution is 0.102. The highest BCUT2D eigenvalue weighted by molar-refractivity contribution is 14.1. The minimum Gasteiger partial charge on any atom is -0.305 e. The molecule has 0 saturated carbocycles. The monoisotopic (exact) mass is 442 g/mol. The van der Waals surface area contributed by atoms with Crippen LogP contribution in [0, 0.1) is 21.8 Å². The van der Waals surface area contributed by atoms with Gasteiger partial charge in [-0.25, -0.2) is 9.97 Å². The molecule has 2 aromatic rings. The number of benzene rings is 1. The van der Waals surface area contributed by atoms with E-state index in [0.29, 0.717) is 11.4 Å². The molecule has 1 aromatic heterocycles. The van der Waals surface area contributed by atoms with Crippen LogP contribution < -0.4 is 5.32 Å². The van der Waals surface area contributed by atoms with Crippen molar-refractivity contribution in [1.82, 2.24) is 9.97 Å². The third kappa shape index (κ3) is 3.32. The normalized spacial score (nSPS) is 9.90. The summed E-state index contributed by atoms with van der Waals surface area (Å²) in [5, 5.41) is 11.6. The van der Waals surface area contributed by atoms with Crippen LogP contribution in [0.15, 0.2) is 28.9 Å². The van der Waals surface area contributed by atoms with Crippen LogP contribution in [0.2, 0.25) is 0 Å². The zero-order chi connectivity index (χ0) is 14.7. The maximum atomic E-state index is 12.3. The van der Waals surface area contributed by atoms with Crippen molar-refractivity contribution in [2.24, 2.45) is 0 Å². The van der Waals surface area contributed by atoms with Gasteiger partial charge in [0.15, 0.2) is 5.82 Å². The maximum absolute atomic E-state index is 12.3. The van der Waals surface area contributed by atoms with Crippen LogP contribution in [-0.4, -0.2) is 15.9 Å². The molecule has 1 aromatic carbocycles. The van der Waals surface area contributed by atoms with E-state index >= 15 is 0 Å². The topological polar surface area (TPSA) is 78.7 Å². The van der Waals surface area contributed by atoms with E-state index < -0.39 is 0 Å². The summed E-state index contributed by atoms with van der Waals surface area (Å²) >= 11 is 5.41. The molecule has 0 saturated heterocycles. The maximum Gasteiger partial charge on any atom is 0.257 e. The van der Waals surface area contributed by atoms with Crippen LogP contribution in [0.1, 0.15) is 21.7 Å². The van der Waals surface area contributed by atoms with Gasteiger partial charge < -0.3 is 5.32 Å². The number of amides is 1. The molecule has 5 nitrogen and oxygen atoms in total. The Morgan fingerprint density at radius 2 is 2.25 bits per heavy atom. The van der Waals surface area contributed by atoms with Gasteiger partial charge in [-0.15, -0.1) is 0 Å². The molecule has 1 amide bonds. The largest absolute Gasteiger partial charge is 0.305 e. The zero-order valence-electron chi connectivity index (χ0n) is 10.3. The van der Waals surface area contributed by atoms with Gasteiger partial charge in [-0.05, 0) is 47.7 Å². The van der Waals surface area contributed by atoms with E-state index in [-0.39, 0.29) is 17.3 Å². The molecule has 100 valence electrons. The number of nitrogens with one attached hydrogen (secondary N) is 1. The van der Waals surface area contributed by atoms with E-state index in [1.54, 1.807) is 13.0 Å². The summed E-state index contributed by atoms with van der Waals surface area (Å²) in [6.07, 6.45) is 1.39. The average Bonchev–Trinajstić information content (AvgIpc) is 2.41. The number of aryl methyl sites for hydroxylation is 1. The molecule has 0 aliphatic rings. The van der Waals surface area contributed by atoms with Crippen LogP contribution >= 0.6 is 38.5 Å². The summed E-state index contributed by atoms with van der Waals surface area (Å²) < 4.78 is 1.62. The van der Waals surface area contributed by atoms with Crippen LogP contribution in [0.5, 0.6) is 0 Å². The Balaban J connectivity index is 2.35. The lowest BCUT2D eigenvalue weighted by atomic mass is 10.2. The molecule has 0 unspecified atom stereocenters. The number of hydrogen-bond donors (Lipinski definition) is 1. The summed E-state index contributed by atoms with van der Waals surface area (Å²) in [6, 6.07) is 7.36. The van der Waals surface area contributed by atoms with E-state index in [4.69, 9.17) is 5.26 Å². The Morgan fingerprint density at radius 3 is 2.95 bits per heavy atom. The smallest absolute Gasteiger partial charge is 0.257 e. The number of nitrogens with zero attached hydrogens (tertiary/aromatic N) is 3. The number of carbonyl (C=O) groups excluding carboxylic acids is 1. The quantitative estimate of drug-likeness (QED) is 0.724. The van der Waals surface area contributed by atoms with Gasteiger partial charge in [-0.2, -0.15) is 5.26 Å². The summed E-state index contributed by atoms with van der Waals surface area (Å²) in [5.41, 5.74) is 0.745. The molecule has 1 N–H and O–H groups in total. The van der Waals surface area contributed by atoms with Gasteiger partial charge in [0, 0.05) is 8.04 Å². The molecular weight excluding hydrogens is 435 g/mol. The molecule has 20 heavy (non-hydrogen) atoms. The Morgan fingerprint density at radius 1 is 1.50 bits per heavy atom. The third-order valence-corrected chi connectivity index (χ3v) is 3.87. The first kappa shape index (κ1) is 14.9. The molecule has 0 radical (unpaired) electrons. The number of rotatable bonds is 2. The van der Waals surface area contributed by atoms with Crippen molar-refractivity contribution in [3.05, 3.63) is 49.4 Å². The van der Waals surface area contributed by atoms with Crippen molar-refractivity contribution >= 4 is 50.2 Å². The molecule has 7 heteroatoms. The van der Waals surface area contributed by atoms with Crippen molar-refractivity contribution in [2.75, 3.05) is 5.32 Å². The Bertz CT molecular complexity index is 727. The van der Waals surface area contributed by atoms with Crippen molar-refractivity contribution < 1.29 is 4.79 Å². The van der Waals surface area contributed by atoms with E-state index in [1.807, 2.05) is 18.2 Å². The van der Waals surface area contributed by atoms with Crippen LogP contribution in [-0.2, 0) is 0 Å². The fraction of sp³-hybridized carbons (Fsp3) is 0.0769. The first-order valence-electron chi connectivity index (χ1n) is 5.51. The van der Waals surface area contributed by atoms with Gasteiger partial charge in [0.25, 0.3) is 5.91 Å². The van der Waals surface area contributed by atoms with Crippen LogP contribution in [0.25, 0.3) is 0 Å². The van der Waals surface area contributed by atoms with Gasteiger partial charge in [0.2, 0.25) is 0 Å². The van der Waals surface area contributed by atoms with Gasteiger partial charge in [0.05, 0.1) is 11.8 Å². The summed E-state index contributed by atoms with van der Waals surface area (Å²) in [5.74, 6) is 0.398. The van der Waals surface area contributed by atoms with Crippen molar-refractivity contribution in [3.8, 4) is 6.07 Å².